The molecule has 0 atom stereocenters. The summed E-state index contributed by atoms with van der Waals surface area (Å²) in [5, 5.41) is 10.5. The minimum absolute atomic E-state index is 0.0154. The van der Waals surface area contributed by atoms with Gasteiger partial charge in [0.05, 0.1) is 21.6 Å². The van der Waals surface area contributed by atoms with Crippen molar-refractivity contribution in [1.29, 1.82) is 0 Å². The van der Waals surface area contributed by atoms with Crippen molar-refractivity contribution in [1.82, 2.24) is 0 Å². The van der Waals surface area contributed by atoms with Gasteiger partial charge < -0.3 is 4.74 Å². The fourth-order valence-electron chi connectivity index (χ4n) is 1.07. The van der Waals surface area contributed by atoms with Crippen molar-refractivity contribution >= 4 is 39.2 Å². The molecule has 0 aliphatic heterocycles. The fourth-order valence-corrected chi connectivity index (χ4v) is 1.98. The minimum atomic E-state index is -0.678. The first-order valence-corrected chi connectivity index (χ1v) is 5.45. The molecule has 0 fully saturated rings. The van der Waals surface area contributed by atoms with Crippen molar-refractivity contribution in [3.63, 3.8) is 0 Å². The third-order valence-corrected chi connectivity index (χ3v) is 2.77. The number of ether oxygens (including phenoxy) is 1. The number of nitrogens with zero attached hydrogens (tertiary/aromatic N) is 1. The summed E-state index contributed by atoms with van der Waals surface area (Å²) in [5.74, 6) is -0.678. The summed E-state index contributed by atoms with van der Waals surface area (Å²) >= 11 is 8.76. The summed E-state index contributed by atoms with van der Waals surface area (Å²) in [6.45, 7) is 1.82. The van der Waals surface area contributed by atoms with Crippen LogP contribution in [-0.2, 0) is 4.74 Å². The van der Waals surface area contributed by atoms with E-state index >= 15 is 0 Å². The van der Waals surface area contributed by atoms with Crippen molar-refractivity contribution in [3.05, 3.63) is 37.3 Å². The molecule has 0 aliphatic rings. The van der Waals surface area contributed by atoms with Crippen LogP contribution in [0.4, 0.5) is 5.69 Å². The average molecular weight is 309 g/mol. The van der Waals surface area contributed by atoms with E-state index in [2.05, 4.69) is 15.9 Å². The van der Waals surface area contributed by atoms with Crippen LogP contribution in [0.5, 0.6) is 0 Å². The first-order valence-electron chi connectivity index (χ1n) is 4.28. The first-order chi connectivity index (χ1) is 7.49. The van der Waals surface area contributed by atoms with E-state index in [9.17, 15) is 14.9 Å². The van der Waals surface area contributed by atoms with E-state index in [0.717, 1.165) is 0 Å². The number of hydrogen-bond donors (Lipinski definition) is 0. The van der Waals surface area contributed by atoms with Gasteiger partial charge in [0.25, 0.3) is 0 Å². The van der Waals surface area contributed by atoms with Crippen molar-refractivity contribution < 1.29 is 14.5 Å². The van der Waals surface area contributed by atoms with E-state index in [0.29, 0.717) is 0 Å². The number of hydrogen-bond acceptors (Lipinski definition) is 4. The van der Waals surface area contributed by atoms with Crippen LogP contribution in [0.1, 0.15) is 17.3 Å². The summed E-state index contributed by atoms with van der Waals surface area (Å²) in [6, 6.07) is 2.76. The minimum Gasteiger partial charge on any atom is -0.462 e. The van der Waals surface area contributed by atoms with Gasteiger partial charge in [0.2, 0.25) is 0 Å². The summed E-state index contributed by atoms with van der Waals surface area (Å²) in [7, 11) is 0. The molecule has 0 aromatic heterocycles. The zero-order valence-electron chi connectivity index (χ0n) is 8.20. The lowest BCUT2D eigenvalue weighted by molar-refractivity contribution is -0.385. The van der Waals surface area contributed by atoms with Gasteiger partial charge in [-0.3, -0.25) is 10.1 Å². The molecule has 16 heavy (non-hydrogen) atoms. The lowest BCUT2D eigenvalue weighted by Gasteiger charge is -2.05. The highest BCUT2D eigenvalue weighted by Crippen LogP contribution is 2.35. The molecule has 0 saturated carbocycles. The monoisotopic (exact) mass is 307 g/mol. The molecule has 0 spiro atoms. The van der Waals surface area contributed by atoms with Crippen LogP contribution in [0.3, 0.4) is 0 Å². The number of nitro groups is 1. The summed E-state index contributed by atoms with van der Waals surface area (Å²) < 4.78 is 4.94. The zero-order chi connectivity index (χ0) is 12.3. The Morgan fingerprint density at radius 3 is 2.75 bits per heavy atom. The highest BCUT2D eigenvalue weighted by Gasteiger charge is 2.24. The van der Waals surface area contributed by atoms with Crippen molar-refractivity contribution in [2.24, 2.45) is 0 Å². The molecule has 1 aromatic rings. The Morgan fingerprint density at radius 1 is 1.62 bits per heavy atom. The SMILES string of the molecule is CCOC(=O)c1ccc(Br)c([N+](=O)[O-])c1Cl. The zero-order valence-corrected chi connectivity index (χ0v) is 10.5. The van der Waals surface area contributed by atoms with Gasteiger partial charge in [-0.15, -0.1) is 0 Å². The van der Waals surface area contributed by atoms with E-state index in [-0.39, 0.29) is 27.4 Å². The average Bonchev–Trinajstić information content (AvgIpc) is 2.17. The van der Waals surface area contributed by atoms with Gasteiger partial charge in [0.1, 0.15) is 5.02 Å². The van der Waals surface area contributed by atoms with E-state index in [1.54, 1.807) is 6.92 Å². The number of rotatable bonds is 3. The molecule has 0 N–H and O–H groups in total. The van der Waals surface area contributed by atoms with Crippen LogP contribution >= 0.6 is 27.5 Å². The van der Waals surface area contributed by atoms with Gasteiger partial charge in [0, 0.05) is 0 Å². The van der Waals surface area contributed by atoms with Crippen molar-refractivity contribution in [2.45, 2.75) is 6.92 Å². The van der Waals surface area contributed by atoms with Gasteiger partial charge in [-0.25, -0.2) is 4.79 Å². The highest BCUT2D eigenvalue weighted by atomic mass is 79.9. The molecule has 0 amide bonds. The molecule has 0 unspecified atom stereocenters. The molecule has 0 heterocycles. The van der Waals surface area contributed by atoms with Gasteiger partial charge in [-0.05, 0) is 35.0 Å². The topological polar surface area (TPSA) is 69.4 Å². The molecule has 1 rings (SSSR count). The van der Waals surface area contributed by atoms with Crippen molar-refractivity contribution in [3.8, 4) is 0 Å². The second-order valence-electron chi connectivity index (χ2n) is 2.74. The normalized spacial score (nSPS) is 9.94. The third kappa shape index (κ3) is 2.51. The van der Waals surface area contributed by atoms with Crippen LogP contribution < -0.4 is 0 Å². The van der Waals surface area contributed by atoms with Crippen LogP contribution in [-0.4, -0.2) is 17.5 Å². The number of carbonyl (C=O) groups is 1. The summed E-state index contributed by atoms with van der Waals surface area (Å²) in [4.78, 5) is 21.5. The molecule has 0 saturated heterocycles. The molecule has 86 valence electrons. The van der Waals surface area contributed by atoms with Gasteiger partial charge in [0.15, 0.2) is 0 Å². The maximum absolute atomic E-state index is 11.4. The quantitative estimate of drug-likeness (QED) is 0.488. The maximum atomic E-state index is 11.4. The number of carbonyl (C=O) groups excluding carboxylic acids is 1. The number of nitro benzene ring substituents is 1. The van der Waals surface area contributed by atoms with E-state index in [4.69, 9.17) is 16.3 Å². The largest absolute Gasteiger partial charge is 0.462 e. The number of benzene rings is 1. The van der Waals surface area contributed by atoms with Gasteiger partial charge in [-0.1, -0.05) is 11.6 Å². The number of halogens is 2. The second kappa shape index (κ2) is 5.27. The number of esters is 1. The molecule has 0 aliphatic carbocycles. The van der Waals surface area contributed by atoms with Crippen molar-refractivity contribution in [2.75, 3.05) is 6.61 Å². The van der Waals surface area contributed by atoms with Crippen LogP contribution in [0.2, 0.25) is 5.02 Å². The molecule has 0 radical (unpaired) electrons. The molecule has 7 heteroatoms. The highest BCUT2D eigenvalue weighted by molar-refractivity contribution is 9.10. The Hall–Kier alpha value is -1.14. The fraction of sp³-hybridized carbons (Fsp3) is 0.222. The predicted molar refractivity (Wildman–Crippen MR) is 61.8 cm³/mol. The molecular formula is C9H7BrClNO4. The second-order valence-corrected chi connectivity index (χ2v) is 3.97. The molecule has 5 nitrogen and oxygen atoms in total. The van der Waals surface area contributed by atoms with E-state index in [1.807, 2.05) is 0 Å². The van der Waals surface area contributed by atoms with E-state index in [1.165, 1.54) is 12.1 Å². The lowest BCUT2D eigenvalue weighted by Crippen LogP contribution is -2.06. The first kappa shape index (κ1) is 12.9. The standard InChI is InChI=1S/C9H7BrClNO4/c1-2-16-9(13)5-3-4-6(10)8(7(5)11)12(14)15/h3-4H,2H2,1H3. The van der Waals surface area contributed by atoms with Crippen LogP contribution in [0.15, 0.2) is 16.6 Å². The smallest absolute Gasteiger partial charge is 0.339 e. The molecule has 1 aromatic carbocycles. The van der Waals surface area contributed by atoms with Gasteiger partial charge >= 0.3 is 11.7 Å². The van der Waals surface area contributed by atoms with Crippen LogP contribution in [0.25, 0.3) is 0 Å². The predicted octanol–water partition coefficient (Wildman–Crippen LogP) is 3.19. The Balaban J connectivity index is 3.29. The Bertz CT molecular complexity index is 449. The lowest BCUT2D eigenvalue weighted by atomic mass is 10.2. The third-order valence-electron chi connectivity index (χ3n) is 1.74. The Labute approximate surface area is 105 Å². The Morgan fingerprint density at radius 2 is 2.25 bits per heavy atom. The maximum Gasteiger partial charge on any atom is 0.339 e. The Kier molecular flexibility index (Phi) is 4.26. The summed E-state index contributed by atoms with van der Waals surface area (Å²) in [5.41, 5.74) is -0.356. The molecular weight excluding hydrogens is 301 g/mol. The molecule has 0 bridgehead atoms. The van der Waals surface area contributed by atoms with Crippen LogP contribution in [0, 0.1) is 10.1 Å². The summed E-state index contributed by atoms with van der Waals surface area (Å²) in [6.07, 6.45) is 0. The van der Waals surface area contributed by atoms with Gasteiger partial charge in [-0.2, -0.15) is 0 Å². The van der Waals surface area contributed by atoms with E-state index < -0.39 is 10.9 Å².